The highest BCUT2D eigenvalue weighted by molar-refractivity contribution is 7.13. The van der Waals surface area contributed by atoms with E-state index in [1.54, 1.807) is 11.3 Å². The summed E-state index contributed by atoms with van der Waals surface area (Å²) in [4.78, 5) is 1.23. The topological polar surface area (TPSA) is 0 Å². The van der Waals surface area contributed by atoms with Gasteiger partial charge >= 0.3 is 0 Å². The van der Waals surface area contributed by atoms with Crippen LogP contribution in [0, 0.1) is 13.8 Å². The molecule has 0 N–H and O–H groups in total. The van der Waals surface area contributed by atoms with Crippen molar-refractivity contribution in [2.75, 3.05) is 0 Å². The van der Waals surface area contributed by atoms with Crippen LogP contribution in [-0.2, 0) is 0 Å². The zero-order valence-corrected chi connectivity index (χ0v) is 8.61. The Morgan fingerprint density at radius 3 is 2.38 bits per heavy atom. The summed E-state index contributed by atoms with van der Waals surface area (Å²) in [6.07, 6.45) is 0. The van der Waals surface area contributed by atoms with Gasteiger partial charge < -0.3 is 0 Å². The molecule has 0 radical (unpaired) electrons. The lowest BCUT2D eigenvalue weighted by Crippen LogP contribution is -1.76. The Morgan fingerprint density at radius 1 is 1.15 bits per heavy atom. The van der Waals surface area contributed by atoms with Gasteiger partial charge in [0.2, 0.25) is 0 Å². The van der Waals surface area contributed by atoms with Gasteiger partial charge in [0, 0.05) is 4.88 Å². The van der Waals surface area contributed by atoms with E-state index in [4.69, 9.17) is 1.37 Å². The fourth-order valence-electron chi connectivity index (χ4n) is 1.32. The zero-order valence-electron chi connectivity index (χ0n) is 8.79. The Bertz CT molecular complexity index is 443. The van der Waals surface area contributed by atoms with Crippen LogP contribution in [0.2, 0.25) is 0 Å². The maximum atomic E-state index is 7.75. The molecule has 0 atom stereocenters. The molecule has 0 nitrogen and oxygen atoms in total. The van der Waals surface area contributed by atoms with Crippen molar-refractivity contribution in [1.29, 1.82) is 0 Å². The molecule has 0 unspecified atom stereocenters. The van der Waals surface area contributed by atoms with Crippen molar-refractivity contribution in [3.63, 3.8) is 0 Å². The van der Waals surface area contributed by atoms with Crippen LogP contribution in [0.15, 0.2) is 35.7 Å². The maximum absolute atomic E-state index is 7.75. The number of hydrogen-bond donors (Lipinski definition) is 0. The van der Waals surface area contributed by atoms with Crippen molar-refractivity contribution >= 4 is 11.3 Å². The SMILES string of the molecule is [2H]c1sc(-c2ccccc2)c(C)c1C. The summed E-state index contributed by atoms with van der Waals surface area (Å²) in [5.74, 6) is 0. The van der Waals surface area contributed by atoms with Crippen LogP contribution in [0.4, 0.5) is 0 Å². The van der Waals surface area contributed by atoms with Crippen molar-refractivity contribution in [1.82, 2.24) is 0 Å². The molecular weight excluding hydrogens is 176 g/mol. The first kappa shape index (κ1) is 7.34. The molecule has 66 valence electrons. The highest BCUT2D eigenvalue weighted by atomic mass is 32.1. The second kappa shape index (κ2) is 3.35. The number of benzene rings is 1. The van der Waals surface area contributed by atoms with Gasteiger partial charge in [0.1, 0.15) is 0 Å². The van der Waals surface area contributed by atoms with Gasteiger partial charge in [0.15, 0.2) is 0 Å². The molecule has 0 spiro atoms. The quantitative estimate of drug-likeness (QED) is 0.635. The minimum atomic E-state index is 0.682. The standard InChI is InChI=1S/C12H12S/c1-9-8-13-12(10(9)2)11-6-4-3-5-7-11/h3-8H,1-2H3/i8D. The molecule has 1 aromatic carbocycles. The van der Waals surface area contributed by atoms with E-state index in [0.29, 0.717) is 5.36 Å². The minimum Gasteiger partial charge on any atom is -0.143 e. The monoisotopic (exact) mass is 189 g/mol. The number of rotatable bonds is 1. The smallest absolute Gasteiger partial charge is 0.0743 e. The first-order valence-corrected chi connectivity index (χ1v) is 5.14. The van der Waals surface area contributed by atoms with E-state index < -0.39 is 0 Å². The highest BCUT2D eigenvalue weighted by Crippen LogP contribution is 2.31. The van der Waals surface area contributed by atoms with Crippen LogP contribution in [0.5, 0.6) is 0 Å². The van der Waals surface area contributed by atoms with E-state index in [9.17, 15) is 0 Å². The van der Waals surface area contributed by atoms with Gasteiger partial charge in [-0.25, -0.2) is 0 Å². The molecule has 13 heavy (non-hydrogen) atoms. The van der Waals surface area contributed by atoms with E-state index >= 15 is 0 Å². The molecule has 1 heterocycles. The average molecular weight is 189 g/mol. The fraction of sp³-hybridized carbons (Fsp3) is 0.167. The van der Waals surface area contributed by atoms with E-state index in [2.05, 4.69) is 19.1 Å². The van der Waals surface area contributed by atoms with Gasteiger partial charge in [0.25, 0.3) is 0 Å². The molecule has 0 saturated heterocycles. The lowest BCUT2D eigenvalue weighted by atomic mass is 10.1. The van der Waals surface area contributed by atoms with Gasteiger partial charge in [-0.3, -0.25) is 0 Å². The highest BCUT2D eigenvalue weighted by Gasteiger charge is 2.04. The van der Waals surface area contributed by atoms with Crippen LogP contribution < -0.4 is 0 Å². The molecule has 0 saturated carbocycles. The Morgan fingerprint density at radius 2 is 1.85 bits per heavy atom. The predicted octanol–water partition coefficient (Wildman–Crippen LogP) is 4.03. The maximum Gasteiger partial charge on any atom is 0.0743 e. The minimum absolute atomic E-state index is 0.682. The third-order valence-electron chi connectivity index (χ3n) is 2.25. The summed E-state index contributed by atoms with van der Waals surface area (Å²) in [6, 6.07) is 10.3. The molecule has 0 fully saturated rings. The Balaban J connectivity index is 2.58. The van der Waals surface area contributed by atoms with Gasteiger partial charge in [-0.15, -0.1) is 11.3 Å². The summed E-state index contributed by atoms with van der Waals surface area (Å²) in [5.41, 5.74) is 3.57. The van der Waals surface area contributed by atoms with Crippen molar-refractivity contribution in [2.45, 2.75) is 13.8 Å². The predicted molar refractivity (Wildman–Crippen MR) is 59.2 cm³/mol. The lowest BCUT2D eigenvalue weighted by Gasteiger charge is -1.99. The molecule has 1 aromatic heterocycles. The molecule has 0 aliphatic rings. The summed E-state index contributed by atoms with van der Waals surface area (Å²) in [5, 5.41) is 0.682. The molecule has 0 bridgehead atoms. The number of thiophene rings is 1. The van der Waals surface area contributed by atoms with Crippen molar-refractivity contribution in [2.24, 2.45) is 0 Å². The molecule has 1 heteroatoms. The van der Waals surface area contributed by atoms with Crippen LogP contribution in [-0.4, -0.2) is 0 Å². The summed E-state index contributed by atoms with van der Waals surface area (Å²) in [7, 11) is 0. The van der Waals surface area contributed by atoms with Crippen LogP contribution in [0.1, 0.15) is 12.5 Å². The van der Waals surface area contributed by atoms with Gasteiger partial charge in [-0.05, 0) is 35.9 Å². The Kier molecular flexibility index (Phi) is 1.89. The number of hydrogen-bond acceptors (Lipinski definition) is 1. The van der Waals surface area contributed by atoms with Gasteiger partial charge in [-0.1, -0.05) is 30.3 Å². The fourth-order valence-corrected chi connectivity index (χ4v) is 2.28. The van der Waals surface area contributed by atoms with E-state index in [0.717, 1.165) is 5.56 Å². The van der Waals surface area contributed by atoms with E-state index in [-0.39, 0.29) is 0 Å². The second-order valence-corrected chi connectivity index (χ2v) is 3.97. The summed E-state index contributed by atoms with van der Waals surface area (Å²) >= 11 is 1.56. The first-order chi connectivity index (χ1) is 6.70. The van der Waals surface area contributed by atoms with Crippen molar-refractivity contribution in [3.05, 3.63) is 46.8 Å². The first-order valence-electron chi connectivity index (χ1n) is 4.82. The van der Waals surface area contributed by atoms with Crippen molar-refractivity contribution in [3.8, 4) is 10.4 Å². The largest absolute Gasteiger partial charge is 0.143 e. The molecule has 0 aliphatic heterocycles. The normalized spacial score (nSPS) is 11.4. The Hall–Kier alpha value is -1.08. The van der Waals surface area contributed by atoms with E-state index in [1.807, 2.05) is 25.1 Å². The second-order valence-electron chi connectivity index (χ2n) is 3.15. The third kappa shape index (κ3) is 1.52. The summed E-state index contributed by atoms with van der Waals surface area (Å²) < 4.78 is 7.75. The molecule has 0 aliphatic carbocycles. The average Bonchev–Trinajstić information content (AvgIpc) is 2.47. The Labute approximate surface area is 84.3 Å². The zero-order chi connectivity index (χ0) is 10.1. The molecular formula is C12H12S. The van der Waals surface area contributed by atoms with Crippen LogP contribution >= 0.6 is 11.3 Å². The lowest BCUT2D eigenvalue weighted by molar-refractivity contribution is 1.40. The third-order valence-corrected chi connectivity index (χ3v) is 3.40. The van der Waals surface area contributed by atoms with Gasteiger partial charge in [0.05, 0.1) is 1.37 Å². The van der Waals surface area contributed by atoms with Crippen LogP contribution in [0.3, 0.4) is 0 Å². The molecule has 2 rings (SSSR count). The van der Waals surface area contributed by atoms with Gasteiger partial charge in [-0.2, -0.15) is 0 Å². The van der Waals surface area contributed by atoms with Crippen LogP contribution in [0.25, 0.3) is 10.4 Å². The van der Waals surface area contributed by atoms with E-state index in [1.165, 1.54) is 16.0 Å². The van der Waals surface area contributed by atoms with Crippen molar-refractivity contribution < 1.29 is 1.37 Å². The molecule has 0 amide bonds. The summed E-state index contributed by atoms with van der Waals surface area (Å²) in [6.45, 7) is 4.10. The molecule has 2 aromatic rings.